The van der Waals surface area contributed by atoms with Crippen LogP contribution in [-0.4, -0.2) is 16.6 Å². The van der Waals surface area contributed by atoms with Gasteiger partial charge in [-0.25, -0.2) is 0 Å². The molecule has 0 bridgehead atoms. The molecule has 0 radical (unpaired) electrons. The van der Waals surface area contributed by atoms with Crippen LogP contribution in [0.4, 0.5) is 0 Å². The van der Waals surface area contributed by atoms with Crippen molar-refractivity contribution in [2.75, 3.05) is 0 Å². The number of carbonyl (C=O) groups excluding carboxylic acids is 1. The molecule has 1 heterocycles. The number of aryl methyl sites for hydroxylation is 1. The predicted octanol–water partition coefficient (Wildman–Crippen LogP) is 4.08. The lowest BCUT2D eigenvalue weighted by atomic mass is 10.1. The number of para-hydroxylation sites is 1. The van der Waals surface area contributed by atoms with Gasteiger partial charge >= 0.3 is 5.97 Å². The van der Waals surface area contributed by atoms with E-state index >= 15 is 0 Å². The van der Waals surface area contributed by atoms with Gasteiger partial charge in [-0.3, -0.25) is 9.78 Å². The van der Waals surface area contributed by atoms with Crippen molar-refractivity contribution in [3.63, 3.8) is 0 Å². The van der Waals surface area contributed by atoms with Crippen LogP contribution in [0.15, 0.2) is 24.3 Å². The highest BCUT2D eigenvalue weighted by Gasteiger charge is 2.18. The number of benzene rings is 1. The fourth-order valence-electron chi connectivity index (χ4n) is 2.01. The number of aromatic nitrogens is 1. The monoisotopic (exact) mass is 291 g/mol. The zero-order chi connectivity index (χ0) is 14.9. The van der Waals surface area contributed by atoms with E-state index in [4.69, 9.17) is 16.3 Å². The van der Waals surface area contributed by atoms with Gasteiger partial charge in [0.1, 0.15) is 5.60 Å². The molecule has 106 valence electrons. The Labute approximate surface area is 123 Å². The highest BCUT2D eigenvalue weighted by molar-refractivity contribution is 6.35. The molecule has 0 saturated carbocycles. The number of halogens is 1. The zero-order valence-electron chi connectivity index (χ0n) is 12.2. The summed E-state index contributed by atoms with van der Waals surface area (Å²) in [6.07, 6.45) is 0.221. The van der Waals surface area contributed by atoms with E-state index in [9.17, 15) is 4.79 Å². The number of pyridine rings is 1. The van der Waals surface area contributed by atoms with Crippen LogP contribution >= 0.6 is 11.6 Å². The molecule has 0 unspecified atom stereocenters. The number of esters is 1. The van der Waals surface area contributed by atoms with Crippen LogP contribution in [-0.2, 0) is 16.0 Å². The summed E-state index contributed by atoms with van der Waals surface area (Å²) in [5.41, 5.74) is 1.96. The second-order valence-corrected chi connectivity index (χ2v) is 6.21. The normalized spacial score (nSPS) is 11.7. The Morgan fingerprint density at radius 1 is 1.35 bits per heavy atom. The average Bonchev–Trinajstić information content (AvgIpc) is 2.29. The summed E-state index contributed by atoms with van der Waals surface area (Å²) in [7, 11) is 0. The summed E-state index contributed by atoms with van der Waals surface area (Å²) < 4.78 is 5.34. The third kappa shape index (κ3) is 3.48. The van der Waals surface area contributed by atoms with E-state index in [-0.39, 0.29) is 12.4 Å². The van der Waals surface area contributed by atoms with E-state index in [0.29, 0.717) is 5.02 Å². The molecule has 0 amide bonds. The highest BCUT2D eigenvalue weighted by Crippen LogP contribution is 2.24. The standard InChI is InChI=1S/C16H18ClNO2/c1-10-12(9-14(19)20-16(2,3)4)8-11-6-5-7-13(17)15(11)18-10/h5-8H,9H2,1-4H3. The van der Waals surface area contributed by atoms with Crippen molar-refractivity contribution in [3.05, 3.63) is 40.5 Å². The predicted molar refractivity (Wildman–Crippen MR) is 81.0 cm³/mol. The molecule has 2 rings (SSSR count). The van der Waals surface area contributed by atoms with Crippen molar-refractivity contribution >= 4 is 28.5 Å². The molecule has 0 fully saturated rings. The Kier molecular flexibility index (Phi) is 4.00. The summed E-state index contributed by atoms with van der Waals surface area (Å²) in [5.74, 6) is -0.247. The smallest absolute Gasteiger partial charge is 0.310 e. The molecule has 4 heteroatoms. The van der Waals surface area contributed by atoms with Gasteiger partial charge in [0.15, 0.2) is 0 Å². The Hall–Kier alpha value is -1.61. The lowest BCUT2D eigenvalue weighted by Crippen LogP contribution is -2.25. The maximum atomic E-state index is 11.9. The molecule has 1 aromatic heterocycles. The van der Waals surface area contributed by atoms with E-state index in [1.54, 1.807) is 0 Å². The second-order valence-electron chi connectivity index (χ2n) is 5.81. The third-order valence-corrected chi connectivity index (χ3v) is 3.15. The first-order chi connectivity index (χ1) is 9.26. The quantitative estimate of drug-likeness (QED) is 0.783. The number of hydrogen-bond acceptors (Lipinski definition) is 3. The SMILES string of the molecule is Cc1nc2c(Cl)cccc2cc1CC(=O)OC(C)(C)C. The van der Waals surface area contributed by atoms with Crippen molar-refractivity contribution in [2.45, 2.75) is 39.7 Å². The number of rotatable bonds is 2. The van der Waals surface area contributed by atoms with Crippen molar-refractivity contribution in [1.82, 2.24) is 4.98 Å². The van der Waals surface area contributed by atoms with Gasteiger partial charge in [-0.15, -0.1) is 0 Å². The van der Waals surface area contributed by atoms with Crippen LogP contribution in [0.2, 0.25) is 5.02 Å². The molecule has 0 saturated heterocycles. The molecule has 0 aliphatic carbocycles. The Morgan fingerprint density at radius 3 is 2.70 bits per heavy atom. The van der Waals surface area contributed by atoms with E-state index in [1.165, 1.54) is 0 Å². The number of fused-ring (bicyclic) bond motifs is 1. The number of hydrogen-bond donors (Lipinski definition) is 0. The molecule has 0 spiro atoms. The molecule has 3 nitrogen and oxygen atoms in total. The largest absolute Gasteiger partial charge is 0.460 e. The van der Waals surface area contributed by atoms with E-state index in [2.05, 4.69) is 4.98 Å². The van der Waals surface area contributed by atoms with Gasteiger partial charge in [0, 0.05) is 11.1 Å². The topological polar surface area (TPSA) is 39.2 Å². The summed E-state index contributed by atoms with van der Waals surface area (Å²) in [6.45, 7) is 7.45. The summed E-state index contributed by atoms with van der Waals surface area (Å²) in [4.78, 5) is 16.4. The maximum Gasteiger partial charge on any atom is 0.310 e. The van der Waals surface area contributed by atoms with E-state index in [1.807, 2.05) is 52.0 Å². The van der Waals surface area contributed by atoms with Crippen molar-refractivity contribution in [2.24, 2.45) is 0 Å². The molecule has 1 aromatic carbocycles. The fraction of sp³-hybridized carbons (Fsp3) is 0.375. The third-order valence-electron chi connectivity index (χ3n) is 2.85. The molecule has 2 aromatic rings. The van der Waals surface area contributed by atoms with Crippen LogP contribution in [0.5, 0.6) is 0 Å². The van der Waals surface area contributed by atoms with Gasteiger partial charge < -0.3 is 4.74 Å². The van der Waals surface area contributed by atoms with Gasteiger partial charge in [-0.2, -0.15) is 0 Å². The first-order valence-electron chi connectivity index (χ1n) is 6.53. The van der Waals surface area contributed by atoms with Gasteiger partial charge in [-0.05, 0) is 45.4 Å². The molecule has 0 N–H and O–H groups in total. The minimum atomic E-state index is -0.474. The van der Waals surface area contributed by atoms with Crippen LogP contribution in [0.1, 0.15) is 32.0 Å². The summed E-state index contributed by atoms with van der Waals surface area (Å²) in [6, 6.07) is 7.57. The minimum Gasteiger partial charge on any atom is -0.460 e. The second kappa shape index (κ2) is 5.41. The Balaban J connectivity index is 2.31. The highest BCUT2D eigenvalue weighted by atomic mass is 35.5. The first kappa shape index (κ1) is 14.8. The maximum absolute atomic E-state index is 11.9. The number of nitrogens with zero attached hydrogens (tertiary/aromatic N) is 1. The Morgan fingerprint density at radius 2 is 2.05 bits per heavy atom. The fourth-order valence-corrected chi connectivity index (χ4v) is 2.23. The lowest BCUT2D eigenvalue weighted by Gasteiger charge is -2.19. The molecule has 0 atom stereocenters. The van der Waals surface area contributed by atoms with Gasteiger partial charge in [-0.1, -0.05) is 23.7 Å². The first-order valence-corrected chi connectivity index (χ1v) is 6.91. The average molecular weight is 292 g/mol. The molecule has 20 heavy (non-hydrogen) atoms. The van der Waals surface area contributed by atoms with Crippen molar-refractivity contribution < 1.29 is 9.53 Å². The molecule has 0 aliphatic rings. The summed E-state index contributed by atoms with van der Waals surface area (Å²) in [5, 5.41) is 1.55. The van der Waals surface area contributed by atoms with Gasteiger partial charge in [0.05, 0.1) is 17.0 Å². The van der Waals surface area contributed by atoms with E-state index in [0.717, 1.165) is 22.2 Å². The van der Waals surface area contributed by atoms with Crippen molar-refractivity contribution in [1.29, 1.82) is 0 Å². The molecular formula is C16H18ClNO2. The van der Waals surface area contributed by atoms with E-state index < -0.39 is 5.60 Å². The zero-order valence-corrected chi connectivity index (χ0v) is 12.9. The Bertz CT molecular complexity index is 659. The van der Waals surface area contributed by atoms with Crippen molar-refractivity contribution in [3.8, 4) is 0 Å². The number of ether oxygens (including phenoxy) is 1. The van der Waals surface area contributed by atoms with Crippen LogP contribution in [0.25, 0.3) is 10.9 Å². The van der Waals surface area contributed by atoms with Gasteiger partial charge in [0.2, 0.25) is 0 Å². The van der Waals surface area contributed by atoms with Gasteiger partial charge in [0.25, 0.3) is 0 Å². The lowest BCUT2D eigenvalue weighted by molar-refractivity contribution is -0.153. The minimum absolute atomic E-state index is 0.221. The number of carbonyl (C=O) groups is 1. The molecular weight excluding hydrogens is 274 g/mol. The van der Waals surface area contributed by atoms with Crippen LogP contribution < -0.4 is 0 Å². The van der Waals surface area contributed by atoms with Crippen LogP contribution in [0.3, 0.4) is 0 Å². The van der Waals surface area contributed by atoms with Crippen LogP contribution in [0, 0.1) is 6.92 Å². The molecule has 0 aliphatic heterocycles. The summed E-state index contributed by atoms with van der Waals surface area (Å²) >= 11 is 6.12.